The molecule has 1 aromatic carbocycles. The van der Waals surface area contributed by atoms with Crippen LogP contribution in [0.4, 0.5) is 10.6 Å². The number of aromatic nitrogens is 3. The van der Waals surface area contributed by atoms with Gasteiger partial charge in [-0.2, -0.15) is 0 Å². The van der Waals surface area contributed by atoms with E-state index in [9.17, 15) is 4.79 Å². The standard InChI is InChI=1S/C14H17N5O2S/c1-3-21-14(20)19-12(16)11(15)17-13(18-19)22-8-10-6-4-9(2)5-7-10/h4-7,16H,3,8H2,1-2H3,(H2,15,17,18). The average Bonchev–Trinajstić information content (AvgIpc) is 2.50. The SMILES string of the molecule is CCOC(=O)n1nc(SCc2ccc(C)cc2)nc(N)c1=N. The van der Waals surface area contributed by atoms with E-state index in [4.69, 9.17) is 15.9 Å². The van der Waals surface area contributed by atoms with Crippen molar-refractivity contribution in [3.05, 3.63) is 40.9 Å². The van der Waals surface area contributed by atoms with Gasteiger partial charge in [0.25, 0.3) is 0 Å². The van der Waals surface area contributed by atoms with Crippen molar-refractivity contribution in [3.63, 3.8) is 0 Å². The fraction of sp³-hybridized carbons (Fsp3) is 0.286. The molecule has 0 bridgehead atoms. The van der Waals surface area contributed by atoms with Crippen molar-refractivity contribution in [2.24, 2.45) is 0 Å². The third-order valence-corrected chi connectivity index (χ3v) is 3.69. The molecule has 7 nitrogen and oxygen atoms in total. The first-order valence-electron chi connectivity index (χ1n) is 6.68. The maximum Gasteiger partial charge on any atom is 0.436 e. The number of anilines is 1. The highest BCUT2D eigenvalue weighted by molar-refractivity contribution is 7.98. The van der Waals surface area contributed by atoms with Crippen molar-refractivity contribution in [1.82, 2.24) is 14.8 Å². The molecule has 0 spiro atoms. The second-order valence-electron chi connectivity index (χ2n) is 4.51. The zero-order chi connectivity index (χ0) is 16.1. The summed E-state index contributed by atoms with van der Waals surface area (Å²) in [5.41, 5.74) is 7.68. The quantitative estimate of drug-likeness (QED) is 0.834. The van der Waals surface area contributed by atoms with Crippen molar-refractivity contribution in [2.75, 3.05) is 12.3 Å². The molecule has 0 amide bonds. The number of nitrogens with two attached hydrogens (primary N) is 1. The molecule has 116 valence electrons. The Kier molecular flexibility index (Phi) is 5.16. The second kappa shape index (κ2) is 7.08. The molecule has 0 aliphatic carbocycles. The van der Waals surface area contributed by atoms with Gasteiger partial charge in [0.1, 0.15) is 0 Å². The molecule has 1 aromatic heterocycles. The van der Waals surface area contributed by atoms with Crippen molar-refractivity contribution in [2.45, 2.75) is 24.8 Å². The highest BCUT2D eigenvalue weighted by atomic mass is 32.2. The third kappa shape index (κ3) is 3.85. The number of carbonyl (C=O) groups is 1. The smallest absolute Gasteiger partial charge is 0.436 e. The van der Waals surface area contributed by atoms with Crippen LogP contribution in [0.2, 0.25) is 0 Å². The van der Waals surface area contributed by atoms with Crippen molar-refractivity contribution in [1.29, 1.82) is 5.41 Å². The molecule has 1 heterocycles. The van der Waals surface area contributed by atoms with E-state index in [-0.39, 0.29) is 17.9 Å². The summed E-state index contributed by atoms with van der Waals surface area (Å²) in [6.45, 7) is 3.90. The molecule has 0 saturated carbocycles. The summed E-state index contributed by atoms with van der Waals surface area (Å²) in [5, 5.41) is 12.1. The molecule has 0 fully saturated rings. The van der Waals surface area contributed by atoms with Gasteiger partial charge in [-0.05, 0) is 19.4 Å². The number of nitrogens with one attached hydrogen (secondary N) is 1. The average molecular weight is 319 g/mol. The maximum atomic E-state index is 11.7. The van der Waals surface area contributed by atoms with Gasteiger partial charge in [-0.15, -0.1) is 9.78 Å². The number of ether oxygens (including phenoxy) is 1. The number of carbonyl (C=O) groups excluding carboxylic acids is 1. The zero-order valence-corrected chi connectivity index (χ0v) is 13.2. The summed E-state index contributed by atoms with van der Waals surface area (Å²) in [4.78, 5) is 15.8. The minimum Gasteiger partial charge on any atom is -0.448 e. The fourth-order valence-electron chi connectivity index (χ4n) is 1.63. The summed E-state index contributed by atoms with van der Waals surface area (Å²) in [7, 11) is 0. The van der Waals surface area contributed by atoms with Crippen LogP contribution in [0.3, 0.4) is 0 Å². The third-order valence-electron chi connectivity index (χ3n) is 2.79. The van der Waals surface area contributed by atoms with E-state index in [1.54, 1.807) is 6.92 Å². The Morgan fingerprint density at radius 3 is 2.73 bits per heavy atom. The predicted octanol–water partition coefficient (Wildman–Crippen LogP) is 1.95. The van der Waals surface area contributed by atoms with Crippen LogP contribution in [-0.2, 0) is 10.5 Å². The van der Waals surface area contributed by atoms with E-state index in [0.717, 1.165) is 10.2 Å². The van der Waals surface area contributed by atoms with E-state index in [1.807, 2.05) is 31.2 Å². The van der Waals surface area contributed by atoms with Gasteiger partial charge in [-0.1, -0.05) is 41.6 Å². The molecule has 2 rings (SSSR count). The topological polar surface area (TPSA) is 107 Å². The molecule has 22 heavy (non-hydrogen) atoms. The first-order valence-corrected chi connectivity index (χ1v) is 7.66. The summed E-state index contributed by atoms with van der Waals surface area (Å²) in [5.74, 6) is 0.578. The Bertz CT molecular complexity index is 727. The van der Waals surface area contributed by atoms with E-state index < -0.39 is 6.09 Å². The molecular formula is C14H17N5O2S. The minimum absolute atomic E-state index is 0.0607. The fourth-order valence-corrected chi connectivity index (χ4v) is 2.42. The van der Waals surface area contributed by atoms with Crippen LogP contribution >= 0.6 is 11.8 Å². The number of benzene rings is 1. The summed E-state index contributed by atoms with van der Waals surface area (Å²) >= 11 is 1.34. The van der Waals surface area contributed by atoms with Gasteiger partial charge in [0.05, 0.1) is 6.61 Å². The Balaban J connectivity index is 2.19. The molecular weight excluding hydrogens is 302 g/mol. The molecule has 3 N–H and O–H groups in total. The van der Waals surface area contributed by atoms with Gasteiger partial charge >= 0.3 is 6.09 Å². The lowest BCUT2D eigenvalue weighted by Crippen LogP contribution is -2.33. The van der Waals surface area contributed by atoms with Gasteiger partial charge < -0.3 is 10.5 Å². The molecule has 0 aliphatic rings. The number of nitrogen functional groups attached to an aromatic ring is 1. The maximum absolute atomic E-state index is 11.7. The lowest BCUT2D eigenvalue weighted by Gasteiger charge is -2.08. The number of thioether (sulfide) groups is 1. The number of nitrogens with zero attached hydrogens (tertiary/aromatic N) is 3. The molecule has 0 saturated heterocycles. The van der Waals surface area contributed by atoms with E-state index in [2.05, 4.69) is 10.1 Å². The Labute approximate surface area is 132 Å². The molecule has 8 heteroatoms. The lowest BCUT2D eigenvalue weighted by molar-refractivity contribution is 0.147. The van der Waals surface area contributed by atoms with Crippen molar-refractivity contribution in [3.8, 4) is 0 Å². The van der Waals surface area contributed by atoms with E-state index >= 15 is 0 Å². The highest BCUT2D eigenvalue weighted by Gasteiger charge is 2.13. The van der Waals surface area contributed by atoms with Gasteiger partial charge in [-0.3, -0.25) is 5.41 Å². The van der Waals surface area contributed by atoms with Crippen LogP contribution in [0.15, 0.2) is 29.4 Å². The molecule has 0 atom stereocenters. The Morgan fingerprint density at radius 2 is 2.09 bits per heavy atom. The number of rotatable bonds is 4. The monoisotopic (exact) mass is 319 g/mol. The van der Waals surface area contributed by atoms with E-state index in [0.29, 0.717) is 10.9 Å². The summed E-state index contributed by atoms with van der Waals surface area (Å²) < 4.78 is 5.67. The number of hydrogen-bond donors (Lipinski definition) is 2. The van der Waals surface area contributed by atoms with Gasteiger partial charge in [0.15, 0.2) is 11.3 Å². The van der Waals surface area contributed by atoms with Gasteiger partial charge in [0.2, 0.25) is 5.16 Å². The van der Waals surface area contributed by atoms with Crippen LogP contribution in [0, 0.1) is 12.3 Å². The molecule has 2 aromatic rings. The molecule has 0 radical (unpaired) electrons. The van der Waals surface area contributed by atoms with Crippen LogP contribution < -0.4 is 11.2 Å². The minimum atomic E-state index is -0.737. The first-order chi connectivity index (χ1) is 10.5. The van der Waals surface area contributed by atoms with Crippen molar-refractivity contribution < 1.29 is 9.53 Å². The first kappa shape index (κ1) is 16.0. The normalized spacial score (nSPS) is 10.5. The van der Waals surface area contributed by atoms with Crippen LogP contribution in [0.1, 0.15) is 18.1 Å². The largest absolute Gasteiger partial charge is 0.448 e. The number of hydrogen-bond acceptors (Lipinski definition) is 7. The van der Waals surface area contributed by atoms with Crippen LogP contribution in [0.5, 0.6) is 0 Å². The molecule has 0 unspecified atom stereocenters. The Morgan fingerprint density at radius 1 is 1.41 bits per heavy atom. The number of aryl methyl sites for hydroxylation is 1. The zero-order valence-electron chi connectivity index (χ0n) is 12.4. The molecule has 0 aliphatic heterocycles. The summed E-state index contributed by atoms with van der Waals surface area (Å²) in [6.07, 6.45) is -0.737. The Hall–Kier alpha value is -2.35. The van der Waals surface area contributed by atoms with Gasteiger partial charge in [-0.25, -0.2) is 9.78 Å². The van der Waals surface area contributed by atoms with Gasteiger partial charge in [0, 0.05) is 5.75 Å². The van der Waals surface area contributed by atoms with Crippen LogP contribution in [-0.4, -0.2) is 27.5 Å². The lowest BCUT2D eigenvalue weighted by atomic mass is 10.2. The summed E-state index contributed by atoms with van der Waals surface area (Å²) in [6, 6.07) is 8.08. The van der Waals surface area contributed by atoms with E-state index in [1.165, 1.54) is 17.3 Å². The van der Waals surface area contributed by atoms with Crippen molar-refractivity contribution >= 4 is 23.7 Å². The highest BCUT2D eigenvalue weighted by Crippen LogP contribution is 2.19. The predicted molar refractivity (Wildman–Crippen MR) is 83.4 cm³/mol. The second-order valence-corrected chi connectivity index (χ2v) is 5.46. The van der Waals surface area contributed by atoms with Crippen LogP contribution in [0.25, 0.3) is 0 Å².